The Morgan fingerprint density at radius 1 is 1.65 bits per heavy atom. The van der Waals surface area contributed by atoms with Crippen molar-refractivity contribution in [1.29, 1.82) is 0 Å². The van der Waals surface area contributed by atoms with Gasteiger partial charge < -0.3 is 0 Å². The van der Waals surface area contributed by atoms with Gasteiger partial charge in [0.15, 0.2) is 12.4 Å². The number of nitrogens with zero attached hydrogens (tertiary/aromatic N) is 3. The third-order valence-corrected chi connectivity index (χ3v) is 4.43. The van der Waals surface area contributed by atoms with Crippen molar-refractivity contribution in [1.82, 2.24) is 14.7 Å². The van der Waals surface area contributed by atoms with Crippen LogP contribution in [0, 0.1) is 0 Å². The van der Waals surface area contributed by atoms with Gasteiger partial charge >= 0.3 is 0 Å². The average Bonchev–Trinajstić information content (AvgIpc) is 2.80. The molecule has 6 heteroatoms. The van der Waals surface area contributed by atoms with E-state index in [0.29, 0.717) is 0 Å². The number of nitrogens with one attached hydrogen (secondary N) is 1. The van der Waals surface area contributed by atoms with Gasteiger partial charge in [-0.05, 0) is 18.0 Å². The number of fused-ring (bicyclic) bond motifs is 2. The van der Waals surface area contributed by atoms with Crippen molar-refractivity contribution in [2.24, 2.45) is 7.05 Å². The second-order valence-electron chi connectivity index (χ2n) is 4.33. The van der Waals surface area contributed by atoms with E-state index in [-0.39, 0.29) is 5.50 Å². The molecule has 0 saturated carbocycles. The van der Waals surface area contributed by atoms with E-state index in [1.807, 2.05) is 23.9 Å². The lowest BCUT2D eigenvalue weighted by Crippen LogP contribution is -2.49. The molecule has 1 N–H and O–H groups in total. The molecular formula is C11H17N4OS+. The predicted octanol–water partition coefficient (Wildman–Crippen LogP) is 0.355. The zero-order valence-corrected chi connectivity index (χ0v) is 11.1. The molecule has 17 heavy (non-hydrogen) atoms. The number of hydroxylamine groups is 1. The SMILES string of the molecule is CCN1C2NOC1(c1ccc[n+](C)c1)N(C)S2. The first-order valence-electron chi connectivity index (χ1n) is 5.75. The molecule has 2 unspecified atom stereocenters. The van der Waals surface area contributed by atoms with Crippen LogP contribution in [-0.4, -0.2) is 28.3 Å². The van der Waals surface area contributed by atoms with Crippen LogP contribution in [0.3, 0.4) is 0 Å². The van der Waals surface area contributed by atoms with Crippen molar-refractivity contribution in [2.75, 3.05) is 13.6 Å². The Balaban J connectivity index is 2.09. The summed E-state index contributed by atoms with van der Waals surface area (Å²) in [5.41, 5.74) is 4.43. The molecule has 0 aromatic carbocycles. The van der Waals surface area contributed by atoms with Crippen LogP contribution in [0.15, 0.2) is 24.5 Å². The molecule has 2 fully saturated rings. The third-order valence-electron chi connectivity index (χ3n) is 3.32. The van der Waals surface area contributed by atoms with E-state index in [1.54, 1.807) is 11.9 Å². The summed E-state index contributed by atoms with van der Waals surface area (Å²) >= 11 is 1.76. The van der Waals surface area contributed by atoms with Gasteiger partial charge in [0.2, 0.25) is 5.85 Å². The first kappa shape index (κ1) is 11.4. The van der Waals surface area contributed by atoms with Crippen LogP contribution >= 0.6 is 11.9 Å². The number of aromatic nitrogens is 1. The Labute approximate surface area is 105 Å². The van der Waals surface area contributed by atoms with Gasteiger partial charge in [0, 0.05) is 19.7 Å². The minimum absolute atomic E-state index is 0.204. The molecule has 2 atom stereocenters. The maximum atomic E-state index is 5.86. The summed E-state index contributed by atoms with van der Waals surface area (Å²) in [4.78, 5) is 8.18. The Morgan fingerprint density at radius 2 is 2.47 bits per heavy atom. The first-order valence-corrected chi connectivity index (χ1v) is 6.59. The van der Waals surface area contributed by atoms with Crippen LogP contribution in [0.5, 0.6) is 0 Å². The number of hydrogen-bond donors (Lipinski definition) is 1. The van der Waals surface area contributed by atoms with Crippen LogP contribution in [-0.2, 0) is 17.7 Å². The Morgan fingerprint density at radius 3 is 3.12 bits per heavy atom. The number of pyridine rings is 1. The first-order chi connectivity index (χ1) is 8.18. The lowest BCUT2D eigenvalue weighted by Gasteiger charge is -2.35. The van der Waals surface area contributed by atoms with Crippen LogP contribution < -0.4 is 10.0 Å². The zero-order chi connectivity index (χ0) is 12.0. The molecule has 2 bridgehead atoms. The summed E-state index contributed by atoms with van der Waals surface area (Å²) in [6.45, 7) is 3.09. The number of aryl methyl sites for hydroxylation is 1. The second-order valence-corrected chi connectivity index (χ2v) is 5.53. The smallest absolute Gasteiger partial charge is 0.242 e. The zero-order valence-electron chi connectivity index (χ0n) is 10.3. The fourth-order valence-electron chi connectivity index (χ4n) is 2.53. The van der Waals surface area contributed by atoms with Gasteiger partial charge in [-0.25, -0.2) is 13.8 Å². The Bertz CT molecular complexity index is 443. The summed E-state index contributed by atoms with van der Waals surface area (Å²) in [5.74, 6) is -0.483. The summed E-state index contributed by atoms with van der Waals surface area (Å²) < 4.78 is 4.22. The largest absolute Gasteiger partial charge is 0.254 e. The molecule has 2 saturated heterocycles. The lowest BCUT2D eigenvalue weighted by molar-refractivity contribution is -0.672. The molecule has 3 heterocycles. The van der Waals surface area contributed by atoms with Crippen molar-refractivity contribution >= 4 is 11.9 Å². The molecule has 0 amide bonds. The van der Waals surface area contributed by atoms with E-state index in [1.165, 1.54) is 0 Å². The Kier molecular flexibility index (Phi) is 2.64. The quantitative estimate of drug-likeness (QED) is 0.607. The number of hydrogen-bond acceptors (Lipinski definition) is 5. The highest BCUT2D eigenvalue weighted by molar-refractivity contribution is 7.97. The molecule has 92 valence electrons. The summed E-state index contributed by atoms with van der Waals surface area (Å²) in [6, 6.07) is 4.15. The van der Waals surface area contributed by atoms with Gasteiger partial charge in [0.1, 0.15) is 12.5 Å². The summed E-state index contributed by atoms with van der Waals surface area (Å²) in [6.07, 6.45) is 4.13. The van der Waals surface area contributed by atoms with Gasteiger partial charge in [-0.1, -0.05) is 6.92 Å². The molecule has 3 rings (SSSR count). The van der Waals surface area contributed by atoms with E-state index < -0.39 is 5.85 Å². The summed E-state index contributed by atoms with van der Waals surface area (Å²) in [5, 5.41) is 0. The Hall–Kier alpha value is -0.660. The predicted molar refractivity (Wildman–Crippen MR) is 65.0 cm³/mol. The fourth-order valence-corrected chi connectivity index (χ4v) is 3.71. The van der Waals surface area contributed by atoms with Gasteiger partial charge in [-0.15, -0.1) is 0 Å². The lowest BCUT2D eigenvalue weighted by atomic mass is 10.1. The minimum atomic E-state index is -0.483. The van der Waals surface area contributed by atoms with E-state index in [9.17, 15) is 0 Å². The maximum Gasteiger partial charge on any atom is 0.242 e. The molecule has 5 nitrogen and oxygen atoms in total. The van der Waals surface area contributed by atoms with E-state index in [4.69, 9.17) is 4.84 Å². The van der Waals surface area contributed by atoms with Crippen molar-refractivity contribution < 1.29 is 9.40 Å². The minimum Gasteiger partial charge on any atom is -0.254 e. The third kappa shape index (κ3) is 1.45. The van der Waals surface area contributed by atoms with Gasteiger partial charge in [-0.3, -0.25) is 4.84 Å². The molecule has 0 aliphatic carbocycles. The molecule has 1 aromatic rings. The monoisotopic (exact) mass is 253 g/mol. The van der Waals surface area contributed by atoms with Crippen LogP contribution in [0.1, 0.15) is 12.5 Å². The summed E-state index contributed by atoms with van der Waals surface area (Å²) in [7, 11) is 4.10. The number of rotatable bonds is 2. The van der Waals surface area contributed by atoms with Gasteiger partial charge in [0.05, 0.1) is 5.56 Å². The van der Waals surface area contributed by atoms with E-state index >= 15 is 0 Å². The van der Waals surface area contributed by atoms with Crippen molar-refractivity contribution in [3.63, 3.8) is 0 Å². The standard InChI is InChI=1S/C11H17N4OS/c1-4-15-10-12-16-11(15,14(3)17-10)9-6-5-7-13(2)8-9/h5-8,10,12H,4H2,1-3H3/q+1. The highest BCUT2D eigenvalue weighted by atomic mass is 32.2. The van der Waals surface area contributed by atoms with E-state index in [0.717, 1.165) is 12.1 Å². The van der Waals surface area contributed by atoms with Crippen LogP contribution in [0.4, 0.5) is 0 Å². The molecule has 0 spiro atoms. The van der Waals surface area contributed by atoms with Gasteiger partial charge in [0.25, 0.3) is 0 Å². The molecular weight excluding hydrogens is 236 g/mol. The van der Waals surface area contributed by atoms with Gasteiger partial charge in [-0.2, -0.15) is 5.48 Å². The average molecular weight is 253 g/mol. The highest BCUT2D eigenvalue weighted by Gasteiger charge is 2.60. The van der Waals surface area contributed by atoms with Crippen LogP contribution in [0.25, 0.3) is 0 Å². The molecule has 0 radical (unpaired) electrons. The van der Waals surface area contributed by atoms with Crippen molar-refractivity contribution in [2.45, 2.75) is 18.3 Å². The molecule has 1 aromatic heterocycles. The maximum absolute atomic E-state index is 5.86. The topological polar surface area (TPSA) is 31.6 Å². The van der Waals surface area contributed by atoms with Crippen molar-refractivity contribution in [3.05, 3.63) is 30.1 Å². The fraction of sp³-hybridized carbons (Fsp3) is 0.545. The molecule has 2 aliphatic heterocycles. The second kappa shape index (κ2) is 3.93. The molecule has 2 aliphatic rings. The van der Waals surface area contributed by atoms with Crippen LogP contribution in [0.2, 0.25) is 0 Å². The van der Waals surface area contributed by atoms with E-state index in [2.05, 4.69) is 40.9 Å². The normalized spacial score (nSPS) is 33.5. The van der Waals surface area contributed by atoms with Crippen molar-refractivity contribution in [3.8, 4) is 0 Å². The highest BCUT2D eigenvalue weighted by Crippen LogP contribution is 2.50.